The van der Waals surface area contributed by atoms with Crippen LogP contribution in [0.4, 0.5) is 22.7 Å². The summed E-state index contributed by atoms with van der Waals surface area (Å²) in [6.07, 6.45) is 11.3. The first kappa shape index (κ1) is 64.0. The van der Waals surface area contributed by atoms with E-state index in [0.717, 1.165) is 5.34 Å². The molecule has 0 atom stereocenters. The zero-order valence-electron chi connectivity index (χ0n) is 50.2. The Balaban J connectivity index is 0.000000977. The fraction of sp³-hybridized carbons (Fsp3) is 0.232. The molecular weight excluding hydrogens is 1120 g/mol. The maximum atomic E-state index is 13.8. The van der Waals surface area contributed by atoms with Crippen molar-refractivity contribution in [2.24, 2.45) is 27.0 Å². The molecule has 0 saturated carbocycles. The SMILES string of the molecule is CC(C)(C)C(=O)Nc1ccccc1-c1c2nc(c(-c3ccccc3NC(=O)C(C)(C)C)c3ccc([n-]3)c(-c3ccccc3NC(=O)C(C)(C)C)c3nc(c(-c4ccccc4NC(=O)C(C)(C)C)c4ccc1[n-]4)C=C3)C=C2.O=N[O-].[Fe+2].c1ccncc1. The summed E-state index contributed by atoms with van der Waals surface area (Å²) in [5, 5.41) is 21.8. The molecule has 2 aliphatic rings. The summed E-state index contributed by atoms with van der Waals surface area (Å²) in [5.41, 5.74) is 9.34. The van der Waals surface area contributed by atoms with Crippen molar-refractivity contribution in [3.63, 3.8) is 0 Å². The summed E-state index contributed by atoms with van der Waals surface area (Å²) >= 11 is 0. The van der Waals surface area contributed by atoms with Crippen molar-refractivity contribution in [1.29, 1.82) is 0 Å². The molecule has 0 aliphatic carbocycles. The Hall–Kier alpha value is -9.57. The molecule has 86 heavy (non-hydrogen) atoms. The quantitative estimate of drug-likeness (QED) is 0.0634. The van der Waals surface area contributed by atoms with E-state index in [1.54, 1.807) is 12.4 Å². The monoisotopic (exact) mass is 1190 g/mol. The summed E-state index contributed by atoms with van der Waals surface area (Å²) < 4.78 is 0. The van der Waals surface area contributed by atoms with Crippen molar-refractivity contribution in [3.05, 3.63) is 185 Å². The van der Waals surface area contributed by atoms with Crippen LogP contribution in [0, 0.1) is 31.8 Å². The fourth-order valence-corrected chi connectivity index (χ4v) is 8.98. The van der Waals surface area contributed by atoms with E-state index in [9.17, 15) is 19.2 Å². The van der Waals surface area contributed by atoms with E-state index in [0.29, 0.717) is 112 Å². The number of carbonyl (C=O) groups is 4. The first-order chi connectivity index (χ1) is 40.3. The molecule has 8 bridgehead atoms. The van der Waals surface area contributed by atoms with Gasteiger partial charge in [0.15, 0.2) is 0 Å². The predicted molar refractivity (Wildman–Crippen MR) is 344 cm³/mol. The van der Waals surface area contributed by atoms with Gasteiger partial charge in [-0.2, -0.15) is 0 Å². The normalized spacial score (nSPS) is 11.8. The first-order valence-corrected chi connectivity index (χ1v) is 27.8. The van der Waals surface area contributed by atoms with Crippen LogP contribution < -0.4 is 31.2 Å². The Bertz CT molecular complexity index is 3580. The number of nitrogens with zero attached hydrogens (tertiary/aromatic N) is 6. The van der Waals surface area contributed by atoms with Gasteiger partial charge in [0.05, 0.1) is 22.8 Å². The predicted octanol–water partition coefficient (Wildman–Crippen LogP) is 15.8. The minimum Gasteiger partial charge on any atom is -0.657 e. The second-order valence-corrected chi connectivity index (χ2v) is 24.5. The number of aromatic nitrogens is 5. The second-order valence-electron chi connectivity index (χ2n) is 24.5. The van der Waals surface area contributed by atoms with E-state index in [-0.39, 0.29) is 40.7 Å². The molecular formula is C69H69FeN10O6-. The summed E-state index contributed by atoms with van der Waals surface area (Å²) in [6.45, 7) is 22.4. The summed E-state index contributed by atoms with van der Waals surface area (Å²) in [6, 6.07) is 44.0. The molecule has 2 aliphatic heterocycles. The van der Waals surface area contributed by atoms with Gasteiger partial charge in [0.1, 0.15) is 0 Å². The smallest absolute Gasteiger partial charge is 0.657 e. The molecule has 4 aromatic heterocycles. The Morgan fingerprint density at radius 2 is 0.593 bits per heavy atom. The van der Waals surface area contributed by atoms with Gasteiger partial charge in [-0.3, -0.25) is 24.2 Å². The molecule has 0 radical (unpaired) electrons. The third-order valence-corrected chi connectivity index (χ3v) is 13.7. The van der Waals surface area contributed by atoms with Crippen LogP contribution in [0.5, 0.6) is 0 Å². The number of carbonyl (C=O) groups excluding carboxylic acids is 4. The molecule has 0 fully saturated rings. The summed E-state index contributed by atoms with van der Waals surface area (Å²) in [5.74, 6) is -0.660. The van der Waals surface area contributed by atoms with Gasteiger partial charge in [-0.1, -0.05) is 186 Å². The molecule has 0 saturated heterocycles. The van der Waals surface area contributed by atoms with Crippen LogP contribution in [0.15, 0.2) is 157 Å². The van der Waals surface area contributed by atoms with E-state index in [4.69, 9.17) is 30.1 Å². The number of rotatable bonds is 8. The number of para-hydroxylation sites is 4. The van der Waals surface area contributed by atoms with Crippen LogP contribution in [-0.2, 0) is 36.2 Å². The number of benzene rings is 4. The van der Waals surface area contributed by atoms with E-state index >= 15 is 0 Å². The van der Waals surface area contributed by atoms with Gasteiger partial charge >= 0.3 is 17.1 Å². The number of anilines is 4. The Labute approximate surface area is 512 Å². The zero-order chi connectivity index (χ0) is 61.4. The van der Waals surface area contributed by atoms with Gasteiger partial charge in [0, 0.05) is 79.1 Å². The molecule has 4 aromatic carbocycles. The summed E-state index contributed by atoms with van der Waals surface area (Å²) in [4.78, 5) is 88.8. The average molecular weight is 1190 g/mol. The third kappa shape index (κ3) is 14.8. The molecule has 6 heterocycles. The number of hydrogen-bond acceptors (Lipinski definition) is 10. The standard InChI is InChI=1S/C64H66N8O4.C5H5N.Fe.HNO2/c1-61(2,3)57(73)69-41-25-17-13-21-37(41)53-45-29-31-47(65-45)54(38-22-14-18-26-42(38)70-58(74)62(4,5)6)49-33-35-51(67-49)56(40-24-16-20-28-44(40)72-60(76)64(10,11)12)52-36-34-50(68-52)55(48-32-30-46(53)66-48)39-23-15-19-27-43(39)71-59(75)63(7,8)9;1-2-4-6-5-3-1;;2-1-3/h13-36H,1-12H3,(H6,65,66,67,68,69,70,71,72,73,74,75,76);1-5H;;(H,2,3)/q;;+2;/p-3. The fourth-order valence-electron chi connectivity index (χ4n) is 8.98. The average Bonchev–Trinajstić information content (AvgIpc) is 1.88. The molecule has 4 N–H and O–H groups in total. The molecule has 8 aromatic rings. The van der Waals surface area contributed by atoms with Gasteiger partial charge in [-0.15, -0.1) is 27.4 Å². The topological polar surface area (TPSA) is 236 Å². The number of amides is 4. The van der Waals surface area contributed by atoms with Crippen molar-refractivity contribution < 1.29 is 36.2 Å². The molecule has 4 amide bonds. The maximum absolute atomic E-state index is 13.8. The number of pyridine rings is 1. The van der Waals surface area contributed by atoms with Crippen molar-refractivity contribution in [2.45, 2.75) is 83.1 Å². The van der Waals surface area contributed by atoms with E-state index < -0.39 is 21.7 Å². The maximum Gasteiger partial charge on any atom is 2.00 e. The number of nitrogens with one attached hydrogen (secondary N) is 4. The van der Waals surface area contributed by atoms with Crippen molar-refractivity contribution in [1.82, 2.24) is 24.9 Å². The van der Waals surface area contributed by atoms with E-state index in [1.807, 2.05) is 247 Å². The zero-order valence-corrected chi connectivity index (χ0v) is 51.3. The Morgan fingerprint density at radius 3 is 0.779 bits per heavy atom. The van der Waals surface area contributed by atoms with Crippen molar-refractivity contribution in [3.8, 4) is 44.5 Å². The largest absolute Gasteiger partial charge is 2.00 e. The van der Waals surface area contributed by atoms with Crippen molar-refractivity contribution >= 4 is 92.7 Å². The van der Waals surface area contributed by atoms with Gasteiger partial charge in [-0.25, -0.2) is 9.97 Å². The van der Waals surface area contributed by atoms with E-state index in [2.05, 4.69) is 26.3 Å². The third-order valence-electron chi connectivity index (χ3n) is 13.7. The van der Waals surface area contributed by atoms with Crippen LogP contribution in [0.3, 0.4) is 0 Å². The van der Waals surface area contributed by atoms with Crippen LogP contribution in [0.2, 0.25) is 0 Å². The molecule has 0 unspecified atom stereocenters. The van der Waals surface area contributed by atoms with Gasteiger partial charge in [-0.05, 0) is 83.0 Å². The minimum atomic E-state index is -0.703. The Kier molecular flexibility index (Phi) is 19.8. The second kappa shape index (κ2) is 26.6. The van der Waals surface area contributed by atoms with Gasteiger partial charge in [0.2, 0.25) is 23.6 Å². The molecule has 0 spiro atoms. The summed E-state index contributed by atoms with van der Waals surface area (Å²) in [7, 11) is 0. The Morgan fingerprint density at radius 1 is 0.372 bits per heavy atom. The number of fused-ring (bicyclic) bond motifs is 8. The van der Waals surface area contributed by atoms with Crippen LogP contribution in [0.25, 0.3) is 90.9 Å². The molecule has 10 rings (SSSR count). The number of hydrogen-bond donors (Lipinski definition) is 4. The van der Waals surface area contributed by atoms with Crippen LogP contribution >= 0.6 is 0 Å². The van der Waals surface area contributed by atoms with Crippen molar-refractivity contribution in [2.75, 3.05) is 21.3 Å². The molecule has 440 valence electrons. The van der Waals surface area contributed by atoms with E-state index in [1.165, 1.54) is 0 Å². The molecule has 17 heteroatoms. The van der Waals surface area contributed by atoms with Crippen LogP contribution in [-0.4, -0.2) is 38.6 Å². The van der Waals surface area contributed by atoms with Crippen LogP contribution in [0.1, 0.15) is 106 Å². The first-order valence-electron chi connectivity index (χ1n) is 27.8. The van der Waals surface area contributed by atoms with Gasteiger partial charge < -0.3 is 41.3 Å². The minimum absolute atomic E-state index is 0. The van der Waals surface area contributed by atoms with Gasteiger partial charge in [0.25, 0.3) is 0 Å². The molecule has 16 nitrogen and oxygen atoms in total.